The molecular formula is C28H33N5O4. The molecular weight excluding hydrogens is 470 g/mol. The van der Waals surface area contributed by atoms with E-state index >= 15 is 0 Å². The molecule has 0 spiro atoms. The Balaban J connectivity index is 1.34. The topological polar surface area (TPSA) is 88.1 Å². The molecule has 1 aliphatic heterocycles. The van der Waals surface area contributed by atoms with Crippen molar-refractivity contribution in [2.45, 2.75) is 13.3 Å². The van der Waals surface area contributed by atoms with Crippen LogP contribution in [0.5, 0.6) is 11.5 Å². The van der Waals surface area contributed by atoms with Crippen LogP contribution in [0.3, 0.4) is 0 Å². The number of aromatic nitrogens is 2. The highest BCUT2D eigenvalue weighted by Gasteiger charge is 2.25. The normalized spacial score (nSPS) is 13.3. The van der Waals surface area contributed by atoms with E-state index in [-0.39, 0.29) is 18.4 Å². The van der Waals surface area contributed by atoms with Gasteiger partial charge < -0.3 is 24.2 Å². The van der Waals surface area contributed by atoms with Crippen molar-refractivity contribution in [1.29, 1.82) is 0 Å². The molecule has 1 saturated heterocycles. The van der Waals surface area contributed by atoms with Gasteiger partial charge in [-0.3, -0.25) is 9.59 Å². The Labute approximate surface area is 217 Å². The number of benzene rings is 2. The van der Waals surface area contributed by atoms with Gasteiger partial charge in [-0.2, -0.15) is 0 Å². The van der Waals surface area contributed by atoms with Crippen molar-refractivity contribution in [2.24, 2.45) is 0 Å². The fraction of sp³-hybridized carbons (Fsp3) is 0.357. The average Bonchev–Trinajstić information content (AvgIpc) is 2.96. The number of methoxy groups -OCH3 is 2. The molecule has 194 valence electrons. The van der Waals surface area contributed by atoms with Crippen LogP contribution in [-0.2, 0) is 4.79 Å². The molecule has 2 amide bonds. The molecule has 9 heteroatoms. The van der Waals surface area contributed by atoms with E-state index in [1.165, 1.54) is 0 Å². The van der Waals surface area contributed by atoms with Gasteiger partial charge >= 0.3 is 0 Å². The van der Waals surface area contributed by atoms with Gasteiger partial charge in [-0.25, -0.2) is 0 Å². The largest absolute Gasteiger partial charge is 0.493 e. The molecule has 0 bridgehead atoms. The molecule has 4 rings (SSSR count). The third-order valence-corrected chi connectivity index (χ3v) is 6.41. The van der Waals surface area contributed by atoms with Crippen LogP contribution < -0.4 is 14.4 Å². The molecule has 2 heterocycles. The van der Waals surface area contributed by atoms with E-state index < -0.39 is 0 Å². The van der Waals surface area contributed by atoms with E-state index in [4.69, 9.17) is 9.47 Å². The van der Waals surface area contributed by atoms with E-state index in [1.54, 1.807) is 31.3 Å². The number of carbonyl (C=O) groups is 2. The summed E-state index contributed by atoms with van der Waals surface area (Å²) in [5.41, 5.74) is 2.22. The first-order chi connectivity index (χ1) is 18.0. The number of amides is 2. The van der Waals surface area contributed by atoms with Crippen LogP contribution in [0.15, 0.2) is 60.7 Å². The number of anilines is 1. The second kappa shape index (κ2) is 12.2. The van der Waals surface area contributed by atoms with Gasteiger partial charge in [0, 0.05) is 43.9 Å². The molecule has 0 unspecified atom stereocenters. The first kappa shape index (κ1) is 25.9. The molecule has 0 aliphatic carbocycles. The summed E-state index contributed by atoms with van der Waals surface area (Å²) < 4.78 is 10.7. The molecule has 0 saturated carbocycles. The minimum Gasteiger partial charge on any atom is -0.493 e. The number of rotatable bonds is 9. The maximum Gasteiger partial charge on any atom is 0.254 e. The summed E-state index contributed by atoms with van der Waals surface area (Å²) in [5, 5.41) is 8.83. The summed E-state index contributed by atoms with van der Waals surface area (Å²) in [5.74, 6) is 1.91. The van der Waals surface area contributed by atoms with E-state index in [9.17, 15) is 9.59 Å². The standard InChI is InChI=1S/C28H33N5O4/c1-4-14-33(28(35)21-8-6-5-7-9-21)20-27(34)32-17-15-31(16-18-32)26-13-11-23(29-30-26)22-10-12-24(36-2)25(19-22)37-3/h5-13,19H,4,14-18,20H2,1-3H3. The van der Waals surface area contributed by atoms with Gasteiger partial charge in [-0.05, 0) is 48.9 Å². The summed E-state index contributed by atoms with van der Waals surface area (Å²) in [4.78, 5) is 31.5. The zero-order valence-electron chi connectivity index (χ0n) is 21.6. The Morgan fingerprint density at radius 3 is 2.24 bits per heavy atom. The van der Waals surface area contributed by atoms with Crippen molar-refractivity contribution >= 4 is 17.6 Å². The van der Waals surface area contributed by atoms with Gasteiger partial charge in [0.25, 0.3) is 5.91 Å². The van der Waals surface area contributed by atoms with E-state index in [2.05, 4.69) is 15.1 Å². The summed E-state index contributed by atoms with van der Waals surface area (Å²) in [6.07, 6.45) is 0.789. The van der Waals surface area contributed by atoms with Gasteiger partial charge in [0.2, 0.25) is 5.91 Å². The van der Waals surface area contributed by atoms with Crippen LogP contribution in [0.1, 0.15) is 23.7 Å². The van der Waals surface area contributed by atoms with Crippen LogP contribution in [0.4, 0.5) is 5.82 Å². The second-order valence-electron chi connectivity index (χ2n) is 8.81. The van der Waals surface area contributed by atoms with Crippen LogP contribution in [-0.4, -0.2) is 85.3 Å². The quantitative estimate of drug-likeness (QED) is 0.442. The van der Waals surface area contributed by atoms with Crippen molar-refractivity contribution < 1.29 is 19.1 Å². The Morgan fingerprint density at radius 2 is 1.62 bits per heavy atom. The van der Waals surface area contributed by atoms with Crippen LogP contribution in [0, 0.1) is 0 Å². The number of nitrogens with zero attached hydrogens (tertiary/aromatic N) is 5. The lowest BCUT2D eigenvalue weighted by atomic mass is 10.1. The molecule has 37 heavy (non-hydrogen) atoms. The van der Waals surface area contributed by atoms with Gasteiger partial charge in [0.1, 0.15) is 6.54 Å². The molecule has 0 N–H and O–H groups in total. The summed E-state index contributed by atoms with van der Waals surface area (Å²) in [7, 11) is 3.20. The minimum atomic E-state index is -0.112. The van der Waals surface area contributed by atoms with Crippen molar-refractivity contribution in [3.8, 4) is 22.8 Å². The Hall–Kier alpha value is -4.14. The lowest BCUT2D eigenvalue weighted by Gasteiger charge is -2.36. The highest BCUT2D eigenvalue weighted by atomic mass is 16.5. The van der Waals surface area contributed by atoms with Gasteiger partial charge in [0.05, 0.1) is 19.9 Å². The smallest absolute Gasteiger partial charge is 0.254 e. The van der Waals surface area contributed by atoms with Gasteiger partial charge in [0.15, 0.2) is 17.3 Å². The van der Waals surface area contributed by atoms with E-state index in [0.717, 1.165) is 23.5 Å². The monoisotopic (exact) mass is 503 g/mol. The number of ether oxygens (including phenoxy) is 2. The van der Waals surface area contributed by atoms with Crippen LogP contribution in [0.2, 0.25) is 0 Å². The van der Waals surface area contributed by atoms with Crippen LogP contribution >= 0.6 is 0 Å². The Kier molecular flexibility index (Phi) is 8.56. The summed E-state index contributed by atoms with van der Waals surface area (Å²) in [6, 6.07) is 18.6. The second-order valence-corrected chi connectivity index (χ2v) is 8.81. The number of carbonyl (C=O) groups excluding carboxylic acids is 2. The number of piperazine rings is 1. The Morgan fingerprint density at radius 1 is 0.892 bits per heavy atom. The van der Waals surface area contributed by atoms with Gasteiger partial charge in [-0.1, -0.05) is 25.1 Å². The molecule has 2 aromatic carbocycles. The SMILES string of the molecule is CCCN(CC(=O)N1CCN(c2ccc(-c3ccc(OC)c(OC)c3)nn2)CC1)C(=O)c1ccccc1. The van der Waals surface area contributed by atoms with Crippen molar-refractivity contribution in [1.82, 2.24) is 20.0 Å². The van der Waals surface area contributed by atoms with Gasteiger partial charge in [-0.15, -0.1) is 10.2 Å². The van der Waals surface area contributed by atoms with Crippen molar-refractivity contribution in [2.75, 3.05) is 58.4 Å². The fourth-order valence-corrected chi connectivity index (χ4v) is 4.38. The molecule has 9 nitrogen and oxygen atoms in total. The van der Waals surface area contributed by atoms with Crippen molar-refractivity contribution in [3.05, 3.63) is 66.2 Å². The predicted molar refractivity (Wildman–Crippen MR) is 142 cm³/mol. The third kappa shape index (κ3) is 6.17. The lowest BCUT2D eigenvalue weighted by Crippen LogP contribution is -2.52. The predicted octanol–water partition coefficient (Wildman–Crippen LogP) is 3.36. The van der Waals surface area contributed by atoms with E-state index in [1.807, 2.05) is 60.4 Å². The molecule has 3 aromatic rings. The van der Waals surface area contributed by atoms with Crippen molar-refractivity contribution in [3.63, 3.8) is 0 Å². The molecule has 0 radical (unpaired) electrons. The zero-order valence-corrected chi connectivity index (χ0v) is 21.6. The Bertz CT molecular complexity index is 1190. The summed E-state index contributed by atoms with van der Waals surface area (Å²) >= 11 is 0. The molecule has 1 aliphatic rings. The first-order valence-corrected chi connectivity index (χ1v) is 12.5. The average molecular weight is 504 g/mol. The van der Waals surface area contributed by atoms with Crippen LogP contribution in [0.25, 0.3) is 11.3 Å². The highest BCUT2D eigenvalue weighted by Crippen LogP contribution is 2.31. The van der Waals surface area contributed by atoms with E-state index in [0.29, 0.717) is 49.8 Å². The highest BCUT2D eigenvalue weighted by molar-refractivity contribution is 5.96. The molecule has 0 atom stereocenters. The first-order valence-electron chi connectivity index (χ1n) is 12.5. The number of hydrogen-bond acceptors (Lipinski definition) is 7. The molecule has 1 fully saturated rings. The minimum absolute atomic E-state index is 0.0349. The maximum absolute atomic E-state index is 13.0. The maximum atomic E-state index is 13.0. The lowest BCUT2D eigenvalue weighted by molar-refractivity contribution is -0.132. The fourth-order valence-electron chi connectivity index (χ4n) is 4.38. The number of hydrogen-bond donors (Lipinski definition) is 0. The third-order valence-electron chi connectivity index (χ3n) is 6.41. The molecule has 1 aromatic heterocycles. The summed E-state index contributed by atoms with van der Waals surface area (Å²) in [6.45, 7) is 5.07. The zero-order chi connectivity index (χ0) is 26.2.